The summed E-state index contributed by atoms with van der Waals surface area (Å²) in [4.78, 5) is 8.33. The molecule has 1 heterocycles. The molecule has 0 saturated carbocycles. The summed E-state index contributed by atoms with van der Waals surface area (Å²) in [7, 11) is 0. The van der Waals surface area contributed by atoms with Gasteiger partial charge in [0.2, 0.25) is 5.88 Å². The fourth-order valence-electron chi connectivity index (χ4n) is 1.77. The van der Waals surface area contributed by atoms with Crippen LogP contribution in [0.25, 0.3) is 0 Å². The molecule has 0 spiro atoms. The lowest BCUT2D eigenvalue weighted by atomic mass is 9.85. The molecule has 5 heteroatoms. The van der Waals surface area contributed by atoms with E-state index in [1.165, 1.54) is 6.33 Å². The number of anilines is 1. The molecule has 0 amide bonds. The largest absolute Gasteiger partial charge is 0.478 e. The first-order valence-corrected chi connectivity index (χ1v) is 6.88. The summed E-state index contributed by atoms with van der Waals surface area (Å²) < 4.78 is 5.51. The van der Waals surface area contributed by atoms with Crippen LogP contribution in [0, 0.1) is 5.41 Å². The van der Waals surface area contributed by atoms with Crippen LogP contribution in [0.2, 0.25) is 0 Å². The van der Waals surface area contributed by atoms with Gasteiger partial charge in [-0.25, -0.2) is 9.97 Å². The first-order valence-electron chi connectivity index (χ1n) is 6.88. The molecule has 0 radical (unpaired) electrons. The second kappa shape index (κ2) is 7.28. The minimum atomic E-state index is 0.120. The Morgan fingerprint density at radius 3 is 2.68 bits per heavy atom. The topological polar surface area (TPSA) is 73.1 Å². The molecule has 108 valence electrons. The Balaban J connectivity index is 2.73. The van der Waals surface area contributed by atoms with E-state index in [0.717, 1.165) is 18.7 Å². The molecule has 0 aromatic carbocycles. The predicted octanol–water partition coefficient (Wildman–Crippen LogP) is 2.44. The van der Waals surface area contributed by atoms with Gasteiger partial charge in [-0.15, -0.1) is 0 Å². The monoisotopic (exact) mass is 266 g/mol. The lowest BCUT2D eigenvalue weighted by Gasteiger charge is -2.31. The Morgan fingerprint density at radius 1 is 1.37 bits per heavy atom. The predicted molar refractivity (Wildman–Crippen MR) is 78.4 cm³/mol. The first-order chi connectivity index (χ1) is 8.97. The summed E-state index contributed by atoms with van der Waals surface area (Å²) in [5, 5.41) is 3.43. The van der Waals surface area contributed by atoms with Crippen LogP contribution in [-0.4, -0.2) is 29.2 Å². The molecule has 3 N–H and O–H groups in total. The maximum Gasteiger partial charge on any atom is 0.218 e. The Kier molecular flexibility index (Phi) is 6.02. The quantitative estimate of drug-likeness (QED) is 0.793. The van der Waals surface area contributed by atoms with Gasteiger partial charge in [0.15, 0.2) is 0 Å². The Hall–Kier alpha value is -1.36. The third-order valence-corrected chi connectivity index (χ3v) is 2.92. The smallest absolute Gasteiger partial charge is 0.218 e. The summed E-state index contributed by atoms with van der Waals surface area (Å²) in [6.45, 7) is 9.96. The van der Waals surface area contributed by atoms with Crippen molar-refractivity contribution in [3.63, 3.8) is 0 Å². The van der Waals surface area contributed by atoms with Gasteiger partial charge >= 0.3 is 0 Å². The van der Waals surface area contributed by atoms with Crippen LogP contribution in [0.5, 0.6) is 5.88 Å². The molecule has 1 aromatic heterocycles. The van der Waals surface area contributed by atoms with Crippen LogP contribution >= 0.6 is 0 Å². The van der Waals surface area contributed by atoms with E-state index in [2.05, 4.69) is 43.0 Å². The number of nitrogens with two attached hydrogens (primary N) is 1. The normalized spacial score (nSPS) is 13.1. The van der Waals surface area contributed by atoms with Gasteiger partial charge < -0.3 is 15.8 Å². The first kappa shape index (κ1) is 15.7. The van der Waals surface area contributed by atoms with Crippen molar-refractivity contribution < 1.29 is 4.74 Å². The van der Waals surface area contributed by atoms with Crippen molar-refractivity contribution in [3.8, 4) is 5.88 Å². The number of hydrogen-bond donors (Lipinski definition) is 2. The number of nitrogens with one attached hydrogen (secondary N) is 1. The maximum atomic E-state index is 5.68. The number of aromatic nitrogens is 2. The van der Waals surface area contributed by atoms with Crippen LogP contribution in [0.4, 0.5) is 5.82 Å². The molecule has 0 fully saturated rings. The van der Waals surface area contributed by atoms with E-state index in [9.17, 15) is 0 Å². The minimum absolute atomic E-state index is 0.120. The van der Waals surface area contributed by atoms with Crippen LogP contribution in [-0.2, 0) is 0 Å². The molecule has 0 aliphatic rings. The van der Waals surface area contributed by atoms with E-state index in [-0.39, 0.29) is 11.5 Å². The van der Waals surface area contributed by atoms with Crippen molar-refractivity contribution in [3.05, 3.63) is 12.4 Å². The maximum absolute atomic E-state index is 5.68. The van der Waals surface area contributed by atoms with Crippen molar-refractivity contribution in [1.82, 2.24) is 9.97 Å². The highest BCUT2D eigenvalue weighted by Crippen LogP contribution is 2.25. The molecule has 0 saturated heterocycles. The fourth-order valence-corrected chi connectivity index (χ4v) is 1.77. The van der Waals surface area contributed by atoms with Crippen LogP contribution in [0.3, 0.4) is 0 Å². The third-order valence-electron chi connectivity index (χ3n) is 2.92. The molecule has 1 rings (SSSR count). The number of hydrogen-bond acceptors (Lipinski definition) is 5. The fraction of sp³-hybridized carbons (Fsp3) is 0.714. The number of ether oxygens (including phenoxy) is 1. The molecule has 19 heavy (non-hydrogen) atoms. The molecular weight excluding hydrogens is 240 g/mol. The van der Waals surface area contributed by atoms with E-state index >= 15 is 0 Å². The van der Waals surface area contributed by atoms with E-state index in [1.54, 1.807) is 0 Å². The average molecular weight is 266 g/mol. The standard InChI is InChI=1S/C14H26N4O/c1-5-8-19-13-9-12(16-10-17-13)18-11(6-7-15)14(2,3)4/h9-11H,5-8,15H2,1-4H3,(H,16,17,18). The van der Waals surface area contributed by atoms with Gasteiger partial charge in [0.1, 0.15) is 12.1 Å². The molecule has 0 bridgehead atoms. The van der Waals surface area contributed by atoms with E-state index < -0.39 is 0 Å². The lowest BCUT2D eigenvalue weighted by molar-refractivity contribution is 0.304. The van der Waals surface area contributed by atoms with E-state index in [0.29, 0.717) is 19.0 Å². The zero-order valence-corrected chi connectivity index (χ0v) is 12.4. The van der Waals surface area contributed by atoms with Crippen molar-refractivity contribution in [2.45, 2.75) is 46.6 Å². The highest BCUT2D eigenvalue weighted by Gasteiger charge is 2.24. The average Bonchev–Trinajstić information content (AvgIpc) is 2.35. The molecule has 1 aromatic rings. The van der Waals surface area contributed by atoms with Crippen molar-refractivity contribution in [2.75, 3.05) is 18.5 Å². The molecule has 0 aliphatic carbocycles. The zero-order valence-electron chi connectivity index (χ0n) is 12.4. The lowest BCUT2D eigenvalue weighted by Crippen LogP contribution is -2.36. The molecule has 0 aliphatic heterocycles. The summed E-state index contributed by atoms with van der Waals surface area (Å²) in [5.74, 6) is 1.40. The molecule has 1 atom stereocenters. The second-order valence-electron chi connectivity index (χ2n) is 5.73. The van der Waals surface area contributed by atoms with Crippen molar-refractivity contribution in [1.29, 1.82) is 0 Å². The van der Waals surface area contributed by atoms with E-state index in [4.69, 9.17) is 10.5 Å². The van der Waals surface area contributed by atoms with Crippen LogP contribution < -0.4 is 15.8 Å². The molecule has 5 nitrogen and oxygen atoms in total. The zero-order chi connectivity index (χ0) is 14.3. The van der Waals surface area contributed by atoms with Gasteiger partial charge in [0.05, 0.1) is 6.61 Å². The van der Waals surface area contributed by atoms with Crippen molar-refractivity contribution in [2.24, 2.45) is 11.1 Å². The summed E-state index contributed by atoms with van der Waals surface area (Å²) >= 11 is 0. The summed E-state index contributed by atoms with van der Waals surface area (Å²) in [6.07, 6.45) is 3.39. The second-order valence-corrected chi connectivity index (χ2v) is 5.73. The molecular formula is C14H26N4O. The Bertz CT molecular complexity index is 376. The van der Waals surface area contributed by atoms with Gasteiger partial charge in [0, 0.05) is 12.1 Å². The van der Waals surface area contributed by atoms with Gasteiger partial charge in [-0.2, -0.15) is 0 Å². The molecule has 1 unspecified atom stereocenters. The third kappa shape index (κ3) is 5.42. The van der Waals surface area contributed by atoms with Crippen LogP contribution in [0.15, 0.2) is 12.4 Å². The summed E-state index contributed by atoms with van der Waals surface area (Å²) in [5.41, 5.74) is 5.80. The van der Waals surface area contributed by atoms with E-state index in [1.807, 2.05) is 6.07 Å². The highest BCUT2D eigenvalue weighted by atomic mass is 16.5. The minimum Gasteiger partial charge on any atom is -0.478 e. The van der Waals surface area contributed by atoms with Crippen LogP contribution in [0.1, 0.15) is 40.5 Å². The number of rotatable bonds is 7. The Labute approximate surface area is 116 Å². The van der Waals surface area contributed by atoms with Crippen molar-refractivity contribution >= 4 is 5.82 Å². The number of nitrogens with zero attached hydrogens (tertiary/aromatic N) is 2. The SMILES string of the molecule is CCCOc1cc(NC(CCN)C(C)(C)C)ncn1. The van der Waals surface area contributed by atoms with Gasteiger partial charge in [-0.05, 0) is 24.8 Å². The summed E-state index contributed by atoms with van der Waals surface area (Å²) in [6, 6.07) is 2.11. The van der Waals surface area contributed by atoms with Gasteiger partial charge in [-0.3, -0.25) is 0 Å². The highest BCUT2D eigenvalue weighted by molar-refractivity contribution is 5.38. The van der Waals surface area contributed by atoms with Gasteiger partial charge in [0.25, 0.3) is 0 Å². The Morgan fingerprint density at radius 2 is 2.11 bits per heavy atom. The van der Waals surface area contributed by atoms with Gasteiger partial charge in [-0.1, -0.05) is 27.7 Å².